The van der Waals surface area contributed by atoms with Crippen LogP contribution in [0.2, 0.25) is 0 Å². The Kier molecular flexibility index (Phi) is 3.22. The van der Waals surface area contributed by atoms with E-state index in [-0.39, 0.29) is 23.9 Å². The van der Waals surface area contributed by atoms with Gasteiger partial charge in [-0.2, -0.15) is 0 Å². The lowest BCUT2D eigenvalue weighted by molar-refractivity contribution is 0.0949. The molecule has 1 heterocycles. The lowest BCUT2D eigenvalue weighted by atomic mass is 9.96. The SMILES string of the molecule is O=C(NCC1(c2ccc(F)cc2)CC1)c1ccc2c(c1)OCO2. The molecule has 4 nitrogen and oxygen atoms in total. The second kappa shape index (κ2) is 5.26. The third-order valence-electron chi connectivity index (χ3n) is 4.53. The first-order valence-electron chi connectivity index (χ1n) is 7.60. The van der Waals surface area contributed by atoms with Gasteiger partial charge < -0.3 is 14.8 Å². The van der Waals surface area contributed by atoms with Crippen LogP contribution in [-0.2, 0) is 5.41 Å². The molecule has 1 aliphatic heterocycles. The van der Waals surface area contributed by atoms with Crippen LogP contribution in [-0.4, -0.2) is 19.2 Å². The summed E-state index contributed by atoms with van der Waals surface area (Å²) in [5.74, 6) is 0.870. The quantitative estimate of drug-likeness (QED) is 0.944. The fourth-order valence-electron chi connectivity index (χ4n) is 2.91. The molecule has 1 aliphatic carbocycles. The van der Waals surface area contributed by atoms with Crippen molar-refractivity contribution in [3.63, 3.8) is 0 Å². The number of nitrogens with one attached hydrogen (secondary N) is 1. The van der Waals surface area contributed by atoms with Crippen molar-refractivity contribution in [1.82, 2.24) is 5.32 Å². The zero-order valence-corrected chi connectivity index (χ0v) is 12.5. The fourth-order valence-corrected chi connectivity index (χ4v) is 2.91. The second-order valence-corrected chi connectivity index (χ2v) is 6.04. The van der Waals surface area contributed by atoms with Gasteiger partial charge in [-0.05, 0) is 48.7 Å². The molecule has 0 bridgehead atoms. The molecule has 0 aromatic heterocycles. The number of ether oxygens (including phenoxy) is 2. The number of carbonyl (C=O) groups excluding carboxylic acids is 1. The first-order valence-corrected chi connectivity index (χ1v) is 7.60. The highest BCUT2D eigenvalue weighted by molar-refractivity contribution is 5.95. The molecule has 23 heavy (non-hydrogen) atoms. The van der Waals surface area contributed by atoms with Gasteiger partial charge >= 0.3 is 0 Å². The fraction of sp³-hybridized carbons (Fsp3) is 0.278. The predicted octanol–water partition coefficient (Wildman–Crippen LogP) is 3.02. The molecule has 0 spiro atoms. The molecule has 0 unspecified atom stereocenters. The summed E-state index contributed by atoms with van der Waals surface area (Å²) in [4.78, 5) is 12.3. The van der Waals surface area contributed by atoms with Crippen molar-refractivity contribution in [1.29, 1.82) is 0 Å². The Morgan fingerprint density at radius 3 is 2.57 bits per heavy atom. The first kappa shape index (κ1) is 14.1. The molecule has 2 aromatic carbocycles. The van der Waals surface area contributed by atoms with E-state index in [1.54, 1.807) is 30.3 Å². The minimum atomic E-state index is -0.242. The van der Waals surface area contributed by atoms with Gasteiger partial charge in [0.15, 0.2) is 11.5 Å². The van der Waals surface area contributed by atoms with Crippen LogP contribution >= 0.6 is 0 Å². The van der Waals surface area contributed by atoms with E-state index in [0.717, 1.165) is 18.4 Å². The number of amides is 1. The largest absolute Gasteiger partial charge is 0.454 e. The topological polar surface area (TPSA) is 47.6 Å². The van der Waals surface area contributed by atoms with E-state index >= 15 is 0 Å². The number of hydrogen-bond acceptors (Lipinski definition) is 3. The number of carbonyl (C=O) groups is 1. The van der Waals surface area contributed by atoms with E-state index in [0.29, 0.717) is 23.6 Å². The number of benzene rings is 2. The predicted molar refractivity (Wildman–Crippen MR) is 82.2 cm³/mol. The molecule has 1 amide bonds. The average molecular weight is 313 g/mol. The van der Waals surface area contributed by atoms with Gasteiger partial charge in [0.1, 0.15) is 5.82 Å². The summed E-state index contributed by atoms with van der Waals surface area (Å²) in [7, 11) is 0. The van der Waals surface area contributed by atoms with Gasteiger partial charge in [-0.3, -0.25) is 4.79 Å². The average Bonchev–Trinajstić information content (AvgIpc) is 3.21. The molecular formula is C18H16FNO3. The van der Waals surface area contributed by atoms with E-state index in [9.17, 15) is 9.18 Å². The van der Waals surface area contributed by atoms with Crippen molar-refractivity contribution in [2.24, 2.45) is 0 Å². The van der Waals surface area contributed by atoms with Crippen LogP contribution in [0.25, 0.3) is 0 Å². The van der Waals surface area contributed by atoms with Crippen molar-refractivity contribution in [3.05, 3.63) is 59.4 Å². The molecule has 118 valence electrons. The van der Waals surface area contributed by atoms with Crippen molar-refractivity contribution in [2.45, 2.75) is 18.3 Å². The lowest BCUT2D eigenvalue weighted by Crippen LogP contribution is -2.32. The summed E-state index contributed by atoms with van der Waals surface area (Å²) in [5, 5.41) is 2.98. The minimum Gasteiger partial charge on any atom is -0.454 e. The lowest BCUT2D eigenvalue weighted by Gasteiger charge is -2.16. The van der Waals surface area contributed by atoms with E-state index in [1.165, 1.54) is 12.1 Å². The Morgan fingerprint density at radius 1 is 1.09 bits per heavy atom. The van der Waals surface area contributed by atoms with E-state index in [4.69, 9.17) is 9.47 Å². The summed E-state index contributed by atoms with van der Waals surface area (Å²) < 4.78 is 23.6. The molecule has 1 saturated carbocycles. The maximum atomic E-state index is 13.0. The summed E-state index contributed by atoms with van der Waals surface area (Å²) >= 11 is 0. The van der Waals surface area contributed by atoms with Crippen molar-refractivity contribution >= 4 is 5.91 Å². The van der Waals surface area contributed by atoms with Crippen LogP contribution in [0.1, 0.15) is 28.8 Å². The third-order valence-corrected chi connectivity index (χ3v) is 4.53. The zero-order valence-electron chi connectivity index (χ0n) is 12.5. The number of fused-ring (bicyclic) bond motifs is 1. The number of rotatable bonds is 4. The van der Waals surface area contributed by atoms with Crippen LogP contribution in [0, 0.1) is 5.82 Å². The van der Waals surface area contributed by atoms with Crippen LogP contribution in [0.4, 0.5) is 4.39 Å². The molecule has 2 aromatic rings. The Hall–Kier alpha value is -2.56. The standard InChI is InChI=1S/C18H16FNO3/c19-14-4-2-13(3-5-14)18(7-8-18)10-20-17(21)12-1-6-15-16(9-12)23-11-22-15/h1-6,9H,7-8,10-11H2,(H,20,21). The highest BCUT2D eigenvalue weighted by atomic mass is 19.1. The summed E-state index contributed by atoms with van der Waals surface area (Å²) in [6.07, 6.45) is 2.00. The van der Waals surface area contributed by atoms with Crippen molar-refractivity contribution < 1.29 is 18.7 Å². The van der Waals surface area contributed by atoms with Crippen LogP contribution in [0.15, 0.2) is 42.5 Å². The molecule has 0 atom stereocenters. The molecule has 1 N–H and O–H groups in total. The molecular weight excluding hydrogens is 297 g/mol. The second-order valence-electron chi connectivity index (χ2n) is 6.04. The zero-order chi connectivity index (χ0) is 15.9. The summed E-state index contributed by atoms with van der Waals surface area (Å²) in [6.45, 7) is 0.736. The highest BCUT2D eigenvalue weighted by Crippen LogP contribution is 2.47. The summed E-state index contributed by atoms with van der Waals surface area (Å²) in [5.41, 5.74) is 1.56. The Labute approximate surface area is 133 Å². The van der Waals surface area contributed by atoms with Crippen molar-refractivity contribution in [3.8, 4) is 11.5 Å². The number of hydrogen-bond donors (Lipinski definition) is 1. The smallest absolute Gasteiger partial charge is 0.251 e. The van der Waals surface area contributed by atoms with Crippen LogP contribution < -0.4 is 14.8 Å². The molecule has 0 radical (unpaired) electrons. The Morgan fingerprint density at radius 2 is 1.83 bits per heavy atom. The summed E-state index contributed by atoms with van der Waals surface area (Å²) in [6, 6.07) is 11.7. The van der Waals surface area contributed by atoms with Gasteiger partial charge in [-0.15, -0.1) is 0 Å². The van der Waals surface area contributed by atoms with Gasteiger partial charge in [0.25, 0.3) is 5.91 Å². The van der Waals surface area contributed by atoms with Crippen LogP contribution in [0.3, 0.4) is 0 Å². The van der Waals surface area contributed by atoms with Crippen LogP contribution in [0.5, 0.6) is 11.5 Å². The maximum absolute atomic E-state index is 13.0. The number of halogens is 1. The highest BCUT2D eigenvalue weighted by Gasteiger charge is 2.44. The van der Waals surface area contributed by atoms with Gasteiger partial charge in [-0.1, -0.05) is 12.1 Å². The maximum Gasteiger partial charge on any atom is 0.251 e. The molecule has 1 fully saturated rings. The van der Waals surface area contributed by atoms with Gasteiger partial charge in [0.05, 0.1) is 0 Å². The van der Waals surface area contributed by atoms with Gasteiger partial charge in [0.2, 0.25) is 6.79 Å². The van der Waals surface area contributed by atoms with Gasteiger partial charge in [-0.25, -0.2) is 4.39 Å². The Balaban J connectivity index is 1.44. The monoisotopic (exact) mass is 313 g/mol. The van der Waals surface area contributed by atoms with E-state index < -0.39 is 0 Å². The molecule has 2 aliphatic rings. The van der Waals surface area contributed by atoms with Crippen molar-refractivity contribution in [2.75, 3.05) is 13.3 Å². The van der Waals surface area contributed by atoms with E-state index in [1.807, 2.05) is 0 Å². The normalized spacial score (nSPS) is 16.9. The van der Waals surface area contributed by atoms with E-state index in [2.05, 4.69) is 5.32 Å². The minimum absolute atomic E-state index is 0.0559. The molecule has 0 saturated heterocycles. The molecule has 4 rings (SSSR count). The Bertz CT molecular complexity index is 753. The van der Waals surface area contributed by atoms with Gasteiger partial charge in [0, 0.05) is 17.5 Å². The third kappa shape index (κ3) is 2.63. The molecule has 5 heteroatoms. The first-order chi connectivity index (χ1) is 11.2.